The number of morpholine rings is 1. The Morgan fingerprint density at radius 1 is 1.70 bits per heavy atom. The van der Waals surface area contributed by atoms with Gasteiger partial charge in [0.25, 0.3) is 0 Å². The first-order valence-corrected chi connectivity index (χ1v) is 6.13. The summed E-state index contributed by atoms with van der Waals surface area (Å²) in [7, 11) is 1.32. The molecule has 0 radical (unpaired) electrons. The Kier molecular flexibility index (Phi) is 4.46. The molecule has 1 atom stereocenters. The minimum atomic E-state index is -0.465. The summed E-state index contributed by atoms with van der Waals surface area (Å²) in [6.45, 7) is 1.34. The van der Waals surface area contributed by atoms with E-state index in [0.29, 0.717) is 25.4 Å². The molecule has 0 amide bonds. The molecule has 1 aliphatic rings. The van der Waals surface area contributed by atoms with Gasteiger partial charge in [0, 0.05) is 19.3 Å². The maximum atomic E-state index is 11.3. The van der Waals surface area contributed by atoms with Crippen molar-refractivity contribution in [2.24, 2.45) is 0 Å². The van der Waals surface area contributed by atoms with Crippen LogP contribution in [0.1, 0.15) is 6.42 Å². The topological polar surface area (TPSA) is 94.8 Å². The number of carbonyl (C=O) groups is 1. The van der Waals surface area contributed by atoms with Crippen LogP contribution in [0, 0.1) is 10.1 Å². The number of esters is 1. The summed E-state index contributed by atoms with van der Waals surface area (Å²) < 4.78 is 10.1. The van der Waals surface area contributed by atoms with E-state index in [0.717, 1.165) is 0 Å². The van der Waals surface area contributed by atoms with Gasteiger partial charge < -0.3 is 14.4 Å². The molecule has 1 aromatic heterocycles. The fourth-order valence-corrected chi connectivity index (χ4v) is 2.12. The zero-order valence-corrected chi connectivity index (χ0v) is 11.0. The van der Waals surface area contributed by atoms with E-state index in [4.69, 9.17) is 4.74 Å². The molecule has 20 heavy (non-hydrogen) atoms. The average Bonchev–Trinajstić information content (AvgIpc) is 2.47. The minimum absolute atomic E-state index is 0.0498. The van der Waals surface area contributed by atoms with E-state index in [1.165, 1.54) is 19.5 Å². The molecular weight excluding hydrogens is 266 g/mol. The molecule has 2 rings (SSSR count). The standard InChI is InChI=1S/C12H15N3O5/c1-19-12(16)6-9-8-14(4-5-20-9)10-2-3-13-7-11(10)15(17)18/h2-3,7,9H,4-6,8H2,1H3. The first-order valence-electron chi connectivity index (χ1n) is 6.13. The first-order chi connectivity index (χ1) is 9.61. The maximum absolute atomic E-state index is 11.3. The van der Waals surface area contributed by atoms with Crippen LogP contribution < -0.4 is 4.90 Å². The molecule has 8 heteroatoms. The van der Waals surface area contributed by atoms with E-state index in [1.807, 2.05) is 4.90 Å². The number of ether oxygens (including phenoxy) is 2. The molecule has 0 spiro atoms. The molecule has 0 N–H and O–H groups in total. The summed E-state index contributed by atoms with van der Waals surface area (Å²) >= 11 is 0. The molecule has 1 saturated heterocycles. The van der Waals surface area contributed by atoms with Crippen LogP contribution in [0.15, 0.2) is 18.5 Å². The van der Waals surface area contributed by atoms with E-state index in [2.05, 4.69) is 9.72 Å². The third-order valence-corrected chi connectivity index (χ3v) is 3.08. The van der Waals surface area contributed by atoms with Gasteiger partial charge in [0.1, 0.15) is 11.9 Å². The fraction of sp³-hybridized carbons (Fsp3) is 0.500. The minimum Gasteiger partial charge on any atom is -0.469 e. The van der Waals surface area contributed by atoms with Gasteiger partial charge in [-0.15, -0.1) is 0 Å². The number of methoxy groups -OCH3 is 1. The summed E-state index contributed by atoms with van der Waals surface area (Å²) in [4.78, 5) is 27.4. The van der Waals surface area contributed by atoms with Gasteiger partial charge in [0.05, 0.1) is 31.2 Å². The monoisotopic (exact) mass is 281 g/mol. The number of nitro groups is 1. The maximum Gasteiger partial charge on any atom is 0.310 e. The summed E-state index contributed by atoms with van der Waals surface area (Å²) in [5.41, 5.74) is 0.439. The lowest BCUT2D eigenvalue weighted by molar-refractivity contribution is -0.384. The molecule has 2 heterocycles. The van der Waals surface area contributed by atoms with Crippen LogP contribution in [-0.4, -0.2) is 48.8 Å². The van der Waals surface area contributed by atoms with Crippen molar-refractivity contribution in [1.82, 2.24) is 4.98 Å². The van der Waals surface area contributed by atoms with Crippen LogP contribution in [0.3, 0.4) is 0 Å². The zero-order chi connectivity index (χ0) is 14.5. The van der Waals surface area contributed by atoms with E-state index in [9.17, 15) is 14.9 Å². The van der Waals surface area contributed by atoms with E-state index < -0.39 is 4.92 Å². The largest absolute Gasteiger partial charge is 0.469 e. The first kappa shape index (κ1) is 14.2. The summed E-state index contributed by atoms with van der Waals surface area (Å²) in [6.07, 6.45) is 2.53. The van der Waals surface area contributed by atoms with Gasteiger partial charge in [0.15, 0.2) is 0 Å². The third kappa shape index (κ3) is 3.21. The lowest BCUT2D eigenvalue weighted by Crippen LogP contribution is -2.43. The number of rotatable bonds is 4. The zero-order valence-electron chi connectivity index (χ0n) is 11.0. The molecule has 0 aliphatic carbocycles. The summed E-state index contributed by atoms with van der Waals surface area (Å²) in [5.74, 6) is -0.360. The van der Waals surface area contributed by atoms with Gasteiger partial charge in [0.2, 0.25) is 0 Å². The molecular formula is C12H15N3O5. The highest BCUT2D eigenvalue weighted by Crippen LogP contribution is 2.28. The molecule has 108 valence electrons. The van der Waals surface area contributed by atoms with Crippen molar-refractivity contribution in [2.45, 2.75) is 12.5 Å². The predicted molar refractivity (Wildman–Crippen MR) is 69.5 cm³/mol. The number of hydrogen-bond donors (Lipinski definition) is 0. The van der Waals surface area contributed by atoms with Crippen molar-refractivity contribution in [3.63, 3.8) is 0 Å². The van der Waals surface area contributed by atoms with Gasteiger partial charge in [-0.05, 0) is 6.07 Å². The Hall–Kier alpha value is -2.22. The second-order valence-electron chi connectivity index (χ2n) is 4.34. The third-order valence-electron chi connectivity index (χ3n) is 3.08. The Bertz CT molecular complexity index is 508. The van der Waals surface area contributed by atoms with Crippen LogP contribution >= 0.6 is 0 Å². The van der Waals surface area contributed by atoms with E-state index in [1.54, 1.807) is 6.07 Å². The number of nitrogens with zero attached hydrogens (tertiary/aromatic N) is 3. The van der Waals surface area contributed by atoms with Crippen molar-refractivity contribution in [1.29, 1.82) is 0 Å². The van der Waals surface area contributed by atoms with Crippen LogP contribution in [0.2, 0.25) is 0 Å². The number of pyridine rings is 1. The molecule has 0 saturated carbocycles. The number of anilines is 1. The Morgan fingerprint density at radius 2 is 2.50 bits per heavy atom. The molecule has 1 unspecified atom stereocenters. The normalized spacial score (nSPS) is 18.6. The van der Waals surface area contributed by atoms with E-state index in [-0.39, 0.29) is 24.2 Å². The van der Waals surface area contributed by atoms with Gasteiger partial charge in [-0.2, -0.15) is 0 Å². The number of carbonyl (C=O) groups excluding carboxylic acids is 1. The second kappa shape index (κ2) is 6.29. The van der Waals surface area contributed by atoms with Crippen molar-refractivity contribution < 1.29 is 19.2 Å². The highest BCUT2D eigenvalue weighted by Gasteiger charge is 2.27. The van der Waals surface area contributed by atoms with Crippen molar-refractivity contribution in [2.75, 3.05) is 31.7 Å². The highest BCUT2D eigenvalue weighted by atomic mass is 16.6. The van der Waals surface area contributed by atoms with Crippen LogP contribution in [0.4, 0.5) is 11.4 Å². The van der Waals surface area contributed by atoms with Crippen LogP contribution in [-0.2, 0) is 14.3 Å². The second-order valence-corrected chi connectivity index (χ2v) is 4.34. The average molecular weight is 281 g/mol. The Balaban J connectivity index is 2.13. The van der Waals surface area contributed by atoms with Crippen molar-refractivity contribution in [3.8, 4) is 0 Å². The highest BCUT2D eigenvalue weighted by molar-refractivity contribution is 5.70. The van der Waals surface area contributed by atoms with Gasteiger partial charge in [-0.25, -0.2) is 0 Å². The number of aromatic nitrogens is 1. The molecule has 1 aromatic rings. The SMILES string of the molecule is COC(=O)CC1CN(c2ccncc2[N+](=O)[O-])CCO1. The summed E-state index contributed by atoms with van der Waals surface area (Å²) in [6, 6.07) is 1.60. The predicted octanol–water partition coefficient (Wildman–Crippen LogP) is 0.758. The smallest absolute Gasteiger partial charge is 0.310 e. The molecule has 1 aliphatic heterocycles. The van der Waals surface area contributed by atoms with Gasteiger partial charge >= 0.3 is 11.7 Å². The van der Waals surface area contributed by atoms with Crippen molar-refractivity contribution >= 4 is 17.3 Å². The molecule has 0 bridgehead atoms. The van der Waals surface area contributed by atoms with Crippen molar-refractivity contribution in [3.05, 3.63) is 28.6 Å². The molecule has 8 nitrogen and oxygen atoms in total. The lowest BCUT2D eigenvalue weighted by Gasteiger charge is -2.33. The van der Waals surface area contributed by atoms with E-state index >= 15 is 0 Å². The van der Waals surface area contributed by atoms with Crippen LogP contribution in [0.25, 0.3) is 0 Å². The number of hydrogen-bond acceptors (Lipinski definition) is 7. The quantitative estimate of drug-likeness (QED) is 0.456. The lowest BCUT2D eigenvalue weighted by atomic mass is 10.2. The van der Waals surface area contributed by atoms with Crippen LogP contribution in [0.5, 0.6) is 0 Å². The Labute approximate surface area is 115 Å². The summed E-state index contributed by atoms with van der Waals surface area (Å²) in [5, 5.41) is 11.0. The molecule has 0 aromatic carbocycles. The Morgan fingerprint density at radius 3 is 3.20 bits per heavy atom. The van der Waals surface area contributed by atoms with Gasteiger partial charge in [-0.1, -0.05) is 0 Å². The van der Waals surface area contributed by atoms with Gasteiger partial charge in [-0.3, -0.25) is 19.9 Å². The fourth-order valence-electron chi connectivity index (χ4n) is 2.12. The molecule has 1 fully saturated rings.